The van der Waals surface area contributed by atoms with Crippen LogP contribution in [0.25, 0.3) is 0 Å². The number of benzene rings is 1. The molecule has 0 aliphatic heterocycles. The van der Waals surface area contributed by atoms with Crippen LogP contribution in [0.1, 0.15) is 26.3 Å². The Labute approximate surface area is 129 Å². The lowest BCUT2D eigenvalue weighted by Crippen LogP contribution is -2.40. The normalized spacial score (nSPS) is 12.2. The number of hydrogen-bond donors (Lipinski definition) is 2. The van der Waals surface area contributed by atoms with Crippen LogP contribution in [0.15, 0.2) is 17.0 Å². The van der Waals surface area contributed by atoms with E-state index in [1.165, 1.54) is 12.1 Å². The summed E-state index contributed by atoms with van der Waals surface area (Å²) in [5, 5.41) is 0.0793. The molecule has 21 heavy (non-hydrogen) atoms. The largest absolute Gasteiger partial charge is 0.483 e. The Balaban J connectivity index is 3.24. The number of nitrogens with one attached hydrogen (secondary N) is 1. The molecule has 0 bridgehead atoms. The summed E-state index contributed by atoms with van der Waals surface area (Å²) >= 11 is 6.01. The van der Waals surface area contributed by atoms with Gasteiger partial charge in [0.25, 0.3) is 5.91 Å². The quantitative estimate of drug-likeness (QED) is 0.854. The van der Waals surface area contributed by atoms with Crippen molar-refractivity contribution >= 4 is 27.5 Å². The predicted octanol–water partition coefficient (Wildman–Crippen LogP) is 1.59. The maximum Gasteiger partial charge on any atom is 0.255 e. The van der Waals surface area contributed by atoms with E-state index in [-0.39, 0.29) is 22.3 Å². The molecular weight excluding hydrogens is 316 g/mol. The average Bonchev–Trinajstić information content (AvgIpc) is 2.23. The highest BCUT2D eigenvalue weighted by atomic mass is 35.5. The van der Waals surface area contributed by atoms with Gasteiger partial charge in [0.2, 0.25) is 10.0 Å². The highest BCUT2D eigenvalue weighted by molar-refractivity contribution is 7.89. The number of amides is 1. The molecule has 1 aromatic rings. The zero-order valence-electron chi connectivity index (χ0n) is 12.4. The topological polar surface area (TPSA) is 98.5 Å². The van der Waals surface area contributed by atoms with Crippen molar-refractivity contribution < 1.29 is 17.9 Å². The van der Waals surface area contributed by atoms with Gasteiger partial charge in [0.1, 0.15) is 10.6 Å². The molecule has 118 valence electrons. The molecule has 0 saturated heterocycles. The number of carbonyl (C=O) groups excluding carboxylic acids is 1. The fourth-order valence-electron chi connectivity index (χ4n) is 1.60. The molecule has 0 aliphatic rings. The number of halogens is 1. The monoisotopic (exact) mass is 334 g/mol. The Morgan fingerprint density at radius 1 is 1.38 bits per heavy atom. The summed E-state index contributed by atoms with van der Waals surface area (Å²) in [5.41, 5.74) is 4.96. The van der Waals surface area contributed by atoms with Gasteiger partial charge in [-0.15, -0.1) is 0 Å². The molecule has 0 aromatic heterocycles. The number of hydrogen-bond acceptors (Lipinski definition) is 4. The molecule has 3 N–H and O–H groups in total. The molecule has 1 rings (SSSR count). The lowest BCUT2D eigenvalue weighted by molar-refractivity contribution is -0.119. The Hall–Kier alpha value is -1.31. The van der Waals surface area contributed by atoms with E-state index in [0.717, 1.165) is 0 Å². The summed E-state index contributed by atoms with van der Waals surface area (Å²) in [6.07, 6.45) is 0. The minimum atomic E-state index is -3.80. The first-order chi connectivity index (χ1) is 9.42. The molecule has 0 fully saturated rings. The number of rotatable bonds is 5. The van der Waals surface area contributed by atoms with Crippen LogP contribution in [-0.2, 0) is 14.8 Å². The molecule has 1 aromatic carbocycles. The van der Waals surface area contributed by atoms with Crippen molar-refractivity contribution in [2.75, 3.05) is 6.61 Å². The Morgan fingerprint density at radius 2 is 1.95 bits per heavy atom. The number of ether oxygens (including phenoxy) is 1. The van der Waals surface area contributed by atoms with Crippen LogP contribution < -0.4 is 15.2 Å². The number of primary amides is 1. The summed E-state index contributed by atoms with van der Waals surface area (Å²) in [5.74, 6) is -0.408. The molecule has 0 radical (unpaired) electrons. The van der Waals surface area contributed by atoms with E-state index in [1.54, 1.807) is 27.7 Å². The van der Waals surface area contributed by atoms with Crippen molar-refractivity contribution in [2.24, 2.45) is 5.73 Å². The smallest absolute Gasteiger partial charge is 0.255 e. The number of sulfonamides is 1. The summed E-state index contributed by atoms with van der Waals surface area (Å²) in [7, 11) is -3.80. The molecule has 8 heteroatoms. The van der Waals surface area contributed by atoms with E-state index < -0.39 is 21.5 Å². The number of aryl methyl sites for hydroxylation is 1. The van der Waals surface area contributed by atoms with Crippen LogP contribution in [0.5, 0.6) is 5.75 Å². The first-order valence-corrected chi connectivity index (χ1v) is 8.04. The Bertz CT molecular complexity index is 651. The first kappa shape index (κ1) is 17.7. The minimum absolute atomic E-state index is 0.0793. The fourth-order valence-corrected chi connectivity index (χ4v) is 3.62. The maximum absolute atomic E-state index is 12.3. The van der Waals surface area contributed by atoms with E-state index in [4.69, 9.17) is 22.1 Å². The van der Waals surface area contributed by atoms with E-state index in [2.05, 4.69) is 4.72 Å². The van der Waals surface area contributed by atoms with Crippen LogP contribution in [0.2, 0.25) is 5.02 Å². The van der Waals surface area contributed by atoms with E-state index in [0.29, 0.717) is 5.56 Å². The second-order valence-electron chi connectivity index (χ2n) is 5.66. The standard InChI is InChI=1S/C13H19ClN2O4S/c1-8-5-9(14)11(6-10(8)20-7-12(15)17)21(18,19)16-13(2,3)4/h5-6,16H,7H2,1-4H3,(H2,15,17). The molecule has 0 saturated carbocycles. The third-order valence-corrected chi connectivity index (χ3v) is 4.55. The van der Waals surface area contributed by atoms with E-state index in [9.17, 15) is 13.2 Å². The highest BCUT2D eigenvalue weighted by Crippen LogP contribution is 2.30. The van der Waals surface area contributed by atoms with Crippen molar-refractivity contribution in [3.8, 4) is 5.75 Å². The summed E-state index contributed by atoms with van der Waals surface area (Å²) in [6, 6.07) is 2.75. The molecular formula is C13H19ClN2O4S. The third-order valence-electron chi connectivity index (χ3n) is 2.33. The van der Waals surface area contributed by atoms with Gasteiger partial charge in [-0.25, -0.2) is 13.1 Å². The van der Waals surface area contributed by atoms with Crippen molar-refractivity contribution in [2.45, 2.75) is 38.1 Å². The second-order valence-corrected chi connectivity index (χ2v) is 7.72. The van der Waals surface area contributed by atoms with Crippen LogP contribution >= 0.6 is 11.6 Å². The van der Waals surface area contributed by atoms with Gasteiger partial charge in [-0.1, -0.05) is 11.6 Å². The Morgan fingerprint density at radius 3 is 2.43 bits per heavy atom. The van der Waals surface area contributed by atoms with Gasteiger partial charge in [0.15, 0.2) is 6.61 Å². The highest BCUT2D eigenvalue weighted by Gasteiger charge is 2.25. The van der Waals surface area contributed by atoms with Crippen LogP contribution in [0, 0.1) is 6.92 Å². The van der Waals surface area contributed by atoms with Gasteiger partial charge >= 0.3 is 0 Å². The maximum atomic E-state index is 12.3. The molecule has 0 heterocycles. The lowest BCUT2D eigenvalue weighted by Gasteiger charge is -2.21. The van der Waals surface area contributed by atoms with Crippen molar-refractivity contribution in [3.05, 3.63) is 22.7 Å². The van der Waals surface area contributed by atoms with Gasteiger partial charge in [0, 0.05) is 11.6 Å². The fraction of sp³-hybridized carbons (Fsp3) is 0.462. The van der Waals surface area contributed by atoms with Crippen LogP contribution in [0.3, 0.4) is 0 Å². The van der Waals surface area contributed by atoms with Gasteiger partial charge < -0.3 is 10.5 Å². The van der Waals surface area contributed by atoms with E-state index in [1.807, 2.05) is 0 Å². The van der Waals surface area contributed by atoms with Gasteiger partial charge in [-0.2, -0.15) is 0 Å². The zero-order valence-corrected chi connectivity index (χ0v) is 13.9. The van der Waals surface area contributed by atoms with Crippen molar-refractivity contribution in [1.29, 1.82) is 0 Å². The summed E-state index contributed by atoms with van der Waals surface area (Å²) in [6.45, 7) is 6.51. The molecule has 0 unspecified atom stereocenters. The average molecular weight is 335 g/mol. The van der Waals surface area contributed by atoms with Crippen molar-refractivity contribution in [3.63, 3.8) is 0 Å². The number of carbonyl (C=O) groups is 1. The predicted molar refractivity (Wildman–Crippen MR) is 81.0 cm³/mol. The van der Waals surface area contributed by atoms with Crippen LogP contribution in [-0.4, -0.2) is 26.5 Å². The van der Waals surface area contributed by atoms with Gasteiger partial charge in [-0.05, 0) is 39.3 Å². The molecule has 0 aliphatic carbocycles. The van der Waals surface area contributed by atoms with Gasteiger partial charge in [0.05, 0.1) is 5.02 Å². The first-order valence-electron chi connectivity index (χ1n) is 6.17. The van der Waals surface area contributed by atoms with Gasteiger partial charge in [-0.3, -0.25) is 4.79 Å². The Kier molecular flexibility index (Phi) is 5.25. The van der Waals surface area contributed by atoms with Crippen molar-refractivity contribution in [1.82, 2.24) is 4.72 Å². The molecule has 0 atom stereocenters. The molecule has 0 spiro atoms. The molecule has 1 amide bonds. The number of nitrogens with two attached hydrogens (primary N) is 1. The second kappa shape index (κ2) is 6.21. The summed E-state index contributed by atoms with van der Waals surface area (Å²) < 4.78 is 32.4. The molecule has 6 nitrogen and oxygen atoms in total. The zero-order chi connectivity index (χ0) is 16.4. The summed E-state index contributed by atoms with van der Waals surface area (Å²) in [4.78, 5) is 10.7. The lowest BCUT2D eigenvalue weighted by atomic mass is 10.1. The van der Waals surface area contributed by atoms with Crippen LogP contribution in [0.4, 0.5) is 0 Å². The third kappa shape index (κ3) is 5.18. The minimum Gasteiger partial charge on any atom is -0.483 e. The SMILES string of the molecule is Cc1cc(Cl)c(S(=O)(=O)NC(C)(C)C)cc1OCC(N)=O. The van der Waals surface area contributed by atoms with E-state index >= 15 is 0 Å².